The molecule has 0 aliphatic heterocycles. The number of halogens is 2. The van der Waals surface area contributed by atoms with E-state index in [1.807, 2.05) is 12.3 Å². The molecule has 0 saturated carbocycles. The Labute approximate surface area is 170 Å². The van der Waals surface area contributed by atoms with Gasteiger partial charge in [0.05, 0.1) is 31.2 Å². The largest absolute Gasteiger partial charge is 0.322 e. The van der Waals surface area contributed by atoms with Gasteiger partial charge in [-0.1, -0.05) is 23.2 Å². The molecule has 3 aromatic rings. The van der Waals surface area contributed by atoms with Crippen LogP contribution in [0.3, 0.4) is 0 Å². The lowest BCUT2D eigenvalue weighted by atomic mass is 10.1. The van der Waals surface area contributed by atoms with Crippen LogP contribution in [-0.2, 0) is 9.84 Å². The van der Waals surface area contributed by atoms with Gasteiger partial charge in [0.1, 0.15) is 0 Å². The average molecular weight is 441 g/mol. The molecule has 1 aromatic heterocycles. The van der Waals surface area contributed by atoms with E-state index in [0.717, 1.165) is 17.0 Å². The number of sulfone groups is 1. The molecule has 1 heterocycles. The van der Waals surface area contributed by atoms with Crippen molar-refractivity contribution in [3.63, 3.8) is 0 Å². The number of nitrogens with zero attached hydrogens (tertiary/aromatic N) is 1. The molecule has 0 bridgehead atoms. The van der Waals surface area contributed by atoms with Crippen LogP contribution < -0.4 is 5.32 Å². The van der Waals surface area contributed by atoms with Gasteiger partial charge in [-0.3, -0.25) is 4.79 Å². The third kappa shape index (κ3) is 4.50. The minimum absolute atomic E-state index is 0.0525. The predicted molar refractivity (Wildman–Crippen MR) is 110 cm³/mol. The lowest BCUT2D eigenvalue weighted by molar-refractivity contribution is 0.102. The quantitative estimate of drug-likeness (QED) is 0.613. The summed E-state index contributed by atoms with van der Waals surface area (Å²) < 4.78 is 23.2. The molecular formula is C18H14Cl2N2O3S2. The SMILES string of the molecule is Cc1nc(-c2cc(NC(=O)c3ccc(S(C)(=O)=O)cc3Cl)ccc2Cl)cs1. The van der Waals surface area contributed by atoms with E-state index in [-0.39, 0.29) is 15.5 Å². The minimum atomic E-state index is -3.40. The second-order valence-electron chi connectivity index (χ2n) is 5.81. The third-order valence-electron chi connectivity index (χ3n) is 3.73. The number of carbonyl (C=O) groups is 1. The topological polar surface area (TPSA) is 76.1 Å². The smallest absolute Gasteiger partial charge is 0.257 e. The van der Waals surface area contributed by atoms with Crippen LogP contribution in [0.15, 0.2) is 46.7 Å². The van der Waals surface area contributed by atoms with Crippen molar-refractivity contribution in [1.82, 2.24) is 4.98 Å². The molecular weight excluding hydrogens is 427 g/mol. The molecule has 0 saturated heterocycles. The van der Waals surface area contributed by atoms with Crippen LogP contribution >= 0.6 is 34.5 Å². The first-order chi connectivity index (χ1) is 12.6. The van der Waals surface area contributed by atoms with E-state index in [1.165, 1.54) is 29.5 Å². The van der Waals surface area contributed by atoms with Gasteiger partial charge < -0.3 is 5.32 Å². The van der Waals surface area contributed by atoms with Crippen LogP contribution in [0.5, 0.6) is 0 Å². The molecule has 0 spiro atoms. The molecule has 0 unspecified atom stereocenters. The number of hydrogen-bond donors (Lipinski definition) is 1. The summed E-state index contributed by atoms with van der Waals surface area (Å²) in [5.74, 6) is -0.456. The molecule has 5 nitrogen and oxygen atoms in total. The van der Waals surface area contributed by atoms with Crippen molar-refractivity contribution in [1.29, 1.82) is 0 Å². The minimum Gasteiger partial charge on any atom is -0.322 e. The number of aryl methyl sites for hydroxylation is 1. The van der Waals surface area contributed by atoms with E-state index < -0.39 is 15.7 Å². The number of amides is 1. The highest BCUT2D eigenvalue weighted by Crippen LogP contribution is 2.31. The maximum absolute atomic E-state index is 12.5. The summed E-state index contributed by atoms with van der Waals surface area (Å²) in [5, 5.41) is 6.13. The Bertz CT molecular complexity index is 1140. The first kappa shape index (κ1) is 19.8. The molecule has 2 aromatic carbocycles. The van der Waals surface area contributed by atoms with E-state index >= 15 is 0 Å². The van der Waals surface area contributed by atoms with Crippen LogP contribution in [0.1, 0.15) is 15.4 Å². The average Bonchev–Trinajstić information content (AvgIpc) is 3.01. The van der Waals surface area contributed by atoms with Crippen molar-refractivity contribution in [2.45, 2.75) is 11.8 Å². The van der Waals surface area contributed by atoms with Gasteiger partial charge in [0.15, 0.2) is 9.84 Å². The molecule has 1 N–H and O–H groups in total. The summed E-state index contributed by atoms with van der Waals surface area (Å²) in [7, 11) is -3.40. The Morgan fingerprint density at radius 2 is 1.85 bits per heavy atom. The number of benzene rings is 2. The van der Waals surface area contributed by atoms with Crippen LogP contribution in [0, 0.1) is 6.92 Å². The third-order valence-corrected chi connectivity index (χ3v) is 6.26. The highest BCUT2D eigenvalue weighted by atomic mass is 35.5. The Hall–Kier alpha value is -1.93. The van der Waals surface area contributed by atoms with Crippen molar-refractivity contribution in [2.75, 3.05) is 11.6 Å². The normalized spacial score (nSPS) is 11.4. The maximum Gasteiger partial charge on any atom is 0.257 e. The number of rotatable bonds is 4. The molecule has 3 rings (SSSR count). The molecule has 1 amide bonds. The van der Waals surface area contributed by atoms with Gasteiger partial charge in [-0.25, -0.2) is 13.4 Å². The standard InChI is InChI=1S/C18H14Cl2N2O3S2/c1-10-21-17(9-26-10)14-7-11(3-6-15(14)19)22-18(23)13-5-4-12(8-16(13)20)27(2,24)25/h3-9H,1-2H3,(H,22,23). The fourth-order valence-corrected chi connectivity index (χ4v) is 4.20. The number of aromatic nitrogens is 1. The summed E-state index contributed by atoms with van der Waals surface area (Å²) in [6.45, 7) is 1.90. The summed E-state index contributed by atoms with van der Waals surface area (Å²) in [4.78, 5) is 17.0. The van der Waals surface area contributed by atoms with Gasteiger partial charge in [-0.05, 0) is 43.3 Å². The Morgan fingerprint density at radius 1 is 1.11 bits per heavy atom. The van der Waals surface area contributed by atoms with Crippen LogP contribution in [-0.4, -0.2) is 25.6 Å². The fraction of sp³-hybridized carbons (Fsp3) is 0.111. The lowest BCUT2D eigenvalue weighted by Crippen LogP contribution is -2.13. The first-order valence-electron chi connectivity index (χ1n) is 7.68. The van der Waals surface area contributed by atoms with Gasteiger partial charge in [0, 0.05) is 22.9 Å². The van der Waals surface area contributed by atoms with Crippen molar-refractivity contribution in [3.05, 3.63) is 62.4 Å². The monoisotopic (exact) mass is 440 g/mol. The van der Waals surface area contributed by atoms with Gasteiger partial charge in [0.2, 0.25) is 0 Å². The first-order valence-corrected chi connectivity index (χ1v) is 11.2. The molecule has 9 heteroatoms. The van der Waals surface area contributed by atoms with Crippen LogP contribution in [0.2, 0.25) is 10.0 Å². The second-order valence-corrected chi connectivity index (χ2v) is 9.71. The highest BCUT2D eigenvalue weighted by molar-refractivity contribution is 7.90. The molecule has 0 radical (unpaired) electrons. The summed E-state index contributed by atoms with van der Waals surface area (Å²) >= 11 is 13.9. The molecule has 0 aliphatic rings. The van der Waals surface area contributed by atoms with E-state index in [2.05, 4.69) is 10.3 Å². The Balaban J connectivity index is 1.89. The highest BCUT2D eigenvalue weighted by Gasteiger charge is 2.16. The molecule has 27 heavy (non-hydrogen) atoms. The molecule has 140 valence electrons. The summed E-state index contributed by atoms with van der Waals surface area (Å²) in [6, 6.07) is 9.07. The van der Waals surface area contributed by atoms with Crippen LogP contribution in [0.25, 0.3) is 11.3 Å². The van der Waals surface area contributed by atoms with Gasteiger partial charge in [-0.2, -0.15) is 0 Å². The Morgan fingerprint density at radius 3 is 2.44 bits per heavy atom. The van der Waals surface area contributed by atoms with Gasteiger partial charge in [-0.15, -0.1) is 11.3 Å². The van der Waals surface area contributed by atoms with Crippen molar-refractivity contribution >= 4 is 56.0 Å². The molecule has 0 atom stereocenters. The number of thiazole rings is 1. The van der Waals surface area contributed by atoms with Crippen molar-refractivity contribution in [2.24, 2.45) is 0 Å². The Kier molecular flexibility index (Phi) is 5.58. The van der Waals surface area contributed by atoms with Crippen molar-refractivity contribution in [3.8, 4) is 11.3 Å². The van der Waals surface area contributed by atoms with E-state index in [0.29, 0.717) is 16.3 Å². The number of nitrogens with one attached hydrogen (secondary N) is 1. The molecule has 0 fully saturated rings. The summed E-state index contributed by atoms with van der Waals surface area (Å²) in [5.41, 5.74) is 2.13. The zero-order valence-corrected chi connectivity index (χ0v) is 17.4. The second kappa shape index (κ2) is 7.59. The van der Waals surface area contributed by atoms with Gasteiger partial charge in [0.25, 0.3) is 5.91 Å². The fourth-order valence-electron chi connectivity index (χ4n) is 2.40. The zero-order valence-electron chi connectivity index (χ0n) is 14.3. The maximum atomic E-state index is 12.5. The number of anilines is 1. The van der Waals surface area contributed by atoms with Crippen LogP contribution in [0.4, 0.5) is 5.69 Å². The van der Waals surface area contributed by atoms with E-state index in [1.54, 1.807) is 18.2 Å². The van der Waals surface area contributed by atoms with Crippen molar-refractivity contribution < 1.29 is 13.2 Å². The van der Waals surface area contributed by atoms with E-state index in [9.17, 15) is 13.2 Å². The number of hydrogen-bond acceptors (Lipinski definition) is 5. The predicted octanol–water partition coefficient (Wildman–Crippen LogP) is 5.08. The van der Waals surface area contributed by atoms with Gasteiger partial charge >= 0.3 is 0 Å². The summed E-state index contributed by atoms with van der Waals surface area (Å²) in [6.07, 6.45) is 1.08. The number of carbonyl (C=O) groups excluding carboxylic acids is 1. The van der Waals surface area contributed by atoms with E-state index in [4.69, 9.17) is 23.2 Å². The zero-order chi connectivity index (χ0) is 19.8. The molecule has 0 aliphatic carbocycles. The lowest BCUT2D eigenvalue weighted by Gasteiger charge is -2.10.